The molecule has 39 heavy (non-hydrogen) atoms. The van der Waals surface area contributed by atoms with Crippen LogP contribution in [0.4, 0.5) is 0 Å². The molecule has 0 bridgehead atoms. The highest BCUT2D eigenvalue weighted by Gasteiger charge is 2.43. The summed E-state index contributed by atoms with van der Waals surface area (Å²) >= 11 is 0. The third kappa shape index (κ3) is 2.43. The minimum absolute atomic E-state index is 0.0581. The van der Waals surface area contributed by atoms with E-state index in [1.165, 1.54) is 82.4 Å². The van der Waals surface area contributed by atoms with Crippen LogP contribution in [0.3, 0.4) is 0 Å². The summed E-state index contributed by atoms with van der Waals surface area (Å²) in [6, 6.07) is 39.0. The first-order chi connectivity index (χ1) is 18.9. The predicted molar refractivity (Wildman–Crippen MR) is 165 cm³/mol. The lowest BCUT2D eigenvalue weighted by molar-refractivity contribution is 0.594. The van der Waals surface area contributed by atoms with Crippen LogP contribution in [0.1, 0.15) is 49.9 Å². The average Bonchev–Trinajstić information content (AvgIpc) is 3.28. The summed E-state index contributed by atoms with van der Waals surface area (Å²) in [4.78, 5) is 0. The quantitative estimate of drug-likeness (QED) is 0.198. The largest absolute Gasteiger partial charge is 0.308 e. The molecule has 0 saturated carbocycles. The fraction of sp³-hybridized carbons (Fsp3) is 0.158. The van der Waals surface area contributed by atoms with Crippen molar-refractivity contribution < 1.29 is 0 Å². The van der Waals surface area contributed by atoms with E-state index in [0.717, 1.165) is 0 Å². The van der Waals surface area contributed by atoms with Gasteiger partial charge in [0.15, 0.2) is 0 Å². The number of aromatic nitrogens is 1. The molecule has 1 heteroatoms. The van der Waals surface area contributed by atoms with Crippen molar-refractivity contribution in [3.63, 3.8) is 0 Å². The number of rotatable bonds is 1. The highest BCUT2D eigenvalue weighted by molar-refractivity contribution is 6.18. The smallest absolute Gasteiger partial charge is 0.0582 e. The Bertz CT molecular complexity index is 2170. The van der Waals surface area contributed by atoms with Gasteiger partial charge in [0.25, 0.3) is 0 Å². The van der Waals surface area contributed by atoms with Gasteiger partial charge in [-0.05, 0) is 73.1 Å². The van der Waals surface area contributed by atoms with Gasteiger partial charge in [-0.25, -0.2) is 0 Å². The van der Waals surface area contributed by atoms with E-state index in [2.05, 4.69) is 135 Å². The number of benzene rings is 6. The molecule has 0 amide bonds. The molecule has 0 fully saturated rings. The zero-order valence-electron chi connectivity index (χ0n) is 22.8. The van der Waals surface area contributed by atoms with E-state index in [1.807, 2.05) is 0 Å². The monoisotopic (exact) mass is 499 g/mol. The number of fused-ring (bicyclic) bond motifs is 3. The SMILES string of the molecule is CC1(C)c2cccc3c2-n2c4c1cccc4c1cc(-c4c5ccccc5cc5ccccc45)cc(c12)C3(C)C. The standard InChI is InChI=1S/C38H29N/c1-37(2)29-16-9-15-27-28-20-24(33-25-13-7-5-11-22(25)19-23-12-6-8-14-26(23)33)21-32-35(28)39(34(27)29)36-30(37)17-10-18-31(36)38(32,3)4/h5-21H,1-4H3. The molecule has 0 unspecified atom stereocenters. The number of hydrogen-bond acceptors (Lipinski definition) is 0. The lowest BCUT2D eigenvalue weighted by Gasteiger charge is -2.42. The molecule has 1 aromatic heterocycles. The highest BCUT2D eigenvalue weighted by atomic mass is 15.0. The van der Waals surface area contributed by atoms with Gasteiger partial charge in [0.05, 0.1) is 16.7 Å². The molecule has 3 heterocycles. The molecule has 1 nitrogen and oxygen atoms in total. The van der Waals surface area contributed by atoms with E-state index in [1.54, 1.807) is 0 Å². The van der Waals surface area contributed by atoms with Gasteiger partial charge < -0.3 is 4.57 Å². The molecule has 0 radical (unpaired) electrons. The number of nitrogens with zero attached hydrogens (tertiary/aromatic N) is 1. The number of para-hydroxylation sites is 2. The van der Waals surface area contributed by atoms with Gasteiger partial charge >= 0.3 is 0 Å². The molecule has 0 N–H and O–H groups in total. The predicted octanol–water partition coefficient (Wildman–Crippen LogP) is 10.0. The van der Waals surface area contributed by atoms with Crippen molar-refractivity contribution in [3.05, 3.63) is 125 Å². The first-order valence-corrected chi connectivity index (χ1v) is 14.0. The molecular weight excluding hydrogens is 470 g/mol. The highest BCUT2D eigenvalue weighted by Crippen LogP contribution is 2.56. The molecule has 0 saturated heterocycles. The van der Waals surface area contributed by atoms with E-state index in [4.69, 9.17) is 0 Å². The van der Waals surface area contributed by atoms with Crippen LogP contribution < -0.4 is 0 Å². The Morgan fingerprint density at radius 1 is 0.462 bits per heavy atom. The molecule has 2 aliphatic rings. The van der Waals surface area contributed by atoms with Gasteiger partial charge in [-0.2, -0.15) is 0 Å². The van der Waals surface area contributed by atoms with Crippen LogP contribution >= 0.6 is 0 Å². The molecule has 2 aliphatic heterocycles. The van der Waals surface area contributed by atoms with Crippen molar-refractivity contribution in [2.75, 3.05) is 0 Å². The summed E-state index contributed by atoms with van der Waals surface area (Å²) in [5, 5.41) is 7.93. The third-order valence-corrected chi connectivity index (χ3v) is 9.90. The second kappa shape index (κ2) is 6.79. The fourth-order valence-corrected chi connectivity index (χ4v) is 7.95. The summed E-state index contributed by atoms with van der Waals surface area (Å²) < 4.78 is 2.61. The summed E-state index contributed by atoms with van der Waals surface area (Å²) in [5.74, 6) is 0. The van der Waals surface area contributed by atoms with Crippen LogP contribution in [-0.4, -0.2) is 4.57 Å². The maximum absolute atomic E-state index is 2.61. The first kappa shape index (κ1) is 21.6. The Kier molecular flexibility index (Phi) is 3.75. The van der Waals surface area contributed by atoms with Crippen molar-refractivity contribution in [1.29, 1.82) is 0 Å². The third-order valence-electron chi connectivity index (χ3n) is 9.90. The van der Waals surface area contributed by atoms with Crippen LogP contribution in [0.5, 0.6) is 0 Å². The van der Waals surface area contributed by atoms with Crippen molar-refractivity contribution in [2.24, 2.45) is 0 Å². The zero-order chi connectivity index (χ0) is 26.3. The Hall–Kier alpha value is -4.36. The van der Waals surface area contributed by atoms with Gasteiger partial charge in [-0.15, -0.1) is 0 Å². The Morgan fingerprint density at radius 2 is 1.00 bits per heavy atom. The lowest BCUT2D eigenvalue weighted by Crippen LogP contribution is -2.33. The van der Waals surface area contributed by atoms with Crippen LogP contribution in [0.25, 0.3) is 60.2 Å². The van der Waals surface area contributed by atoms with Crippen molar-refractivity contribution in [2.45, 2.75) is 38.5 Å². The minimum atomic E-state index is -0.127. The normalized spacial score (nSPS) is 16.1. The molecule has 9 rings (SSSR count). The van der Waals surface area contributed by atoms with Crippen molar-refractivity contribution in [1.82, 2.24) is 4.57 Å². The van der Waals surface area contributed by atoms with Gasteiger partial charge in [0.1, 0.15) is 0 Å². The van der Waals surface area contributed by atoms with Gasteiger partial charge in [0, 0.05) is 21.6 Å². The van der Waals surface area contributed by atoms with Crippen molar-refractivity contribution >= 4 is 43.4 Å². The molecular formula is C38H29N. The molecule has 0 spiro atoms. The van der Waals surface area contributed by atoms with Gasteiger partial charge in [0.2, 0.25) is 0 Å². The van der Waals surface area contributed by atoms with E-state index < -0.39 is 0 Å². The Balaban J connectivity index is 1.54. The van der Waals surface area contributed by atoms with E-state index in [0.29, 0.717) is 0 Å². The molecule has 7 aromatic rings. The summed E-state index contributed by atoms with van der Waals surface area (Å²) in [6.45, 7) is 9.64. The average molecular weight is 500 g/mol. The lowest BCUT2D eigenvalue weighted by atomic mass is 9.68. The summed E-state index contributed by atoms with van der Waals surface area (Å²) in [7, 11) is 0. The van der Waals surface area contributed by atoms with Gasteiger partial charge in [-0.3, -0.25) is 0 Å². The topological polar surface area (TPSA) is 4.93 Å². The second-order valence-electron chi connectivity index (χ2n) is 12.6. The maximum Gasteiger partial charge on any atom is 0.0582 e. The molecule has 0 aliphatic carbocycles. The Morgan fingerprint density at radius 3 is 1.69 bits per heavy atom. The fourth-order valence-electron chi connectivity index (χ4n) is 7.95. The summed E-state index contributed by atoms with van der Waals surface area (Å²) in [6.07, 6.45) is 0. The first-order valence-electron chi connectivity index (χ1n) is 14.0. The van der Waals surface area contributed by atoms with E-state index >= 15 is 0 Å². The zero-order valence-corrected chi connectivity index (χ0v) is 22.8. The van der Waals surface area contributed by atoms with Gasteiger partial charge in [-0.1, -0.05) is 113 Å². The minimum Gasteiger partial charge on any atom is -0.308 e. The molecule has 186 valence electrons. The van der Waals surface area contributed by atoms with Crippen LogP contribution in [0.2, 0.25) is 0 Å². The van der Waals surface area contributed by atoms with E-state index in [9.17, 15) is 0 Å². The maximum atomic E-state index is 2.61. The summed E-state index contributed by atoms with van der Waals surface area (Å²) in [5.41, 5.74) is 12.3. The Labute approximate surface area is 228 Å². The molecule has 6 aromatic carbocycles. The van der Waals surface area contributed by atoms with Crippen LogP contribution in [0, 0.1) is 0 Å². The van der Waals surface area contributed by atoms with E-state index in [-0.39, 0.29) is 10.8 Å². The van der Waals surface area contributed by atoms with Crippen LogP contribution in [0.15, 0.2) is 103 Å². The molecule has 0 atom stereocenters. The van der Waals surface area contributed by atoms with Crippen LogP contribution in [-0.2, 0) is 10.8 Å². The van der Waals surface area contributed by atoms with Crippen molar-refractivity contribution in [3.8, 4) is 16.8 Å². The number of hydrogen-bond donors (Lipinski definition) is 0. The second-order valence-corrected chi connectivity index (χ2v) is 12.6.